The molecule has 14 heavy (non-hydrogen) atoms. The molecule has 0 spiro atoms. The fraction of sp³-hybridized carbons (Fsp3) is 0.273. The molecular weight excluding hydrogens is 206 g/mol. The number of hydrogen-bond acceptors (Lipinski definition) is 0. The fourth-order valence-electron chi connectivity index (χ4n) is 1.68. The number of alkyl halides is 3. The molecule has 0 bridgehead atoms. The van der Waals surface area contributed by atoms with E-state index >= 15 is 0 Å². The summed E-state index contributed by atoms with van der Waals surface area (Å²) in [6, 6.07) is 8.42. The van der Waals surface area contributed by atoms with Gasteiger partial charge in [-0.15, -0.1) is 11.6 Å². The van der Waals surface area contributed by atoms with Gasteiger partial charge >= 0.3 is 0 Å². The van der Waals surface area contributed by atoms with E-state index < -0.39 is 10.8 Å². The topological polar surface area (TPSA) is 0 Å². The van der Waals surface area contributed by atoms with Crippen molar-refractivity contribution in [2.75, 3.05) is 0 Å². The molecule has 0 amide bonds. The average Bonchev–Trinajstić information content (AvgIpc) is 2.19. The van der Waals surface area contributed by atoms with Gasteiger partial charge in [-0.2, -0.15) is 8.78 Å². The Morgan fingerprint density at radius 2 is 1.79 bits per heavy atom. The smallest absolute Gasteiger partial charge is 0.199 e. The van der Waals surface area contributed by atoms with Gasteiger partial charge in [-0.25, -0.2) is 0 Å². The summed E-state index contributed by atoms with van der Waals surface area (Å²) >= 11 is 5.91. The van der Waals surface area contributed by atoms with Crippen molar-refractivity contribution < 1.29 is 8.78 Å². The first kappa shape index (κ1) is 9.66. The lowest BCUT2D eigenvalue weighted by molar-refractivity contribution is -0.0569. The zero-order valence-electron chi connectivity index (χ0n) is 7.43. The van der Waals surface area contributed by atoms with Crippen LogP contribution in [0.2, 0.25) is 0 Å². The molecule has 0 saturated heterocycles. The van der Waals surface area contributed by atoms with E-state index in [4.69, 9.17) is 11.6 Å². The fourth-order valence-corrected chi connectivity index (χ4v) is 2.10. The standard InChI is InChI=1S/C11H9ClF2/c1-8-7-10(12,11(8,13)14)9-5-3-2-4-6-9/h2-6H,1,7H2. The Balaban J connectivity index is 2.42. The highest BCUT2D eigenvalue weighted by molar-refractivity contribution is 6.26. The van der Waals surface area contributed by atoms with E-state index in [0.29, 0.717) is 5.56 Å². The van der Waals surface area contributed by atoms with E-state index in [2.05, 4.69) is 6.58 Å². The highest BCUT2D eigenvalue weighted by Gasteiger charge is 2.64. The molecule has 1 atom stereocenters. The second-order valence-corrected chi connectivity index (χ2v) is 4.17. The van der Waals surface area contributed by atoms with Crippen molar-refractivity contribution in [3.63, 3.8) is 0 Å². The van der Waals surface area contributed by atoms with Gasteiger partial charge in [0.1, 0.15) is 4.87 Å². The average molecular weight is 215 g/mol. The molecule has 1 unspecified atom stereocenters. The number of benzene rings is 1. The highest BCUT2D eigenvalue weighted by atomic mass is 35.5. The first-order valence-electron chi connectivity index (χ1n) is 4.29. The van der Waals surface area contributed by atoms with Crippen molar-refractivity contribution in [1.29, 1.82) is 0 Å². The predicted octanol–water partition coefficient (Wildman–Crippen LogP) is 3.72. The predicted molar refractivity (Wildman–Crippen MR) is 52.7 cm³/mol. The van der Waals surface area contributed by atoms with Gasteiger partial charge in [-0.1, -0.05) is 36.9 Å². The van der Waals surface area contributed by atoms with Crippen molar-refractivity contribution >= 4 is 11.6 Å². The molecule has 0 heterocycles. The Morgan fingerprint density at radius 3 is 2.21 bits per heavy atom. The molecule has 0 radical (unpaired) electrons. The van der Waals surface area contributed by atoms with Crippen molar-refractivity contribution in [3.8, 4) is 0 Å². The van der Waals surface area contributed by atoms with Gasteiger partial charge in [0, 0.05) is 6.42 Å². The first-order chi connectivity index (χ1) is 6.48. The molecule has 1 saturated carbocycles. The van der Waals surface area contributed by atoms with E-state index in [-0.39, 0.29) is 12.0 Å². The number of hydrogen-bond donors (Lipinski definition) is 0. The normalized spacial score (nSPS) is 29.8. The van der Waals surface area contributed by atoms with Crippen molar-refractivity contribution in [3.05, 3.63) is 48.0 Å². The lowest BCUT2D eigenvalue weighted by Gasteiger charge is -2.46. The van der Waals surface area contributed by atoms with Gasteiger partial charge in [0.2, 0.25) is 0 Å². The number of rotatable bonds is 1. The molecule has 0 nitrogen and oxygen atoms in total. The maximum Gasteiger partial charge on any atom is 0.292 e. The van der Waals surface area contributed by atoms with E-state index in [9.17, 15) is 8.78 Å². The summed E-state index contributed by atoms with van der Waals surface area (Å²) in [5.74, 6) is -2.99. The summed E-state index contributed by atoms with van der Waals surface area (Å²) in [5.41, 5.74) is 0.371. The van der Waals surface area contributed by atoms with Gasteiger partial charge < -0.3 is 0 Å². The molecule has 0 aromatic heterocycles. The Labute approximate surface area is 86.2 Å². The van der Waals surface area contributed by atoms with Crippen LogP contribution >= 0.6 is 11.6 Å². The lowest BCUT2D eigenvalue weighted by atomic mass is 9.71. The van der Waals surface area contributed by atoms with Crippen LogP contribution in [0.4, 0.5) is 8.78 Å². The van der Waals surface area contributed by atoms with Crippen LogP contribution in [0, 0.1) is 0 Å². The molecule has 2 rings (SSSR count). The number of allylic oxidation sites excluding steroid dienone is 1. The molecule has 74 valence electrons. The van der Waals surface area contributed by atoms with Crippen LogP contribution in [0.3, 0.4) is 0 Å². The van der Waals surface area contributed by atoms with Crippen molar-refractivity contribution in [2.24, 2.45) is 0 Å². The van der Waals surface area contributed by atoms with Gasteiger partial charge in [0.05, 0.1) is 0 Å². The van der Waals surface area contributed by atoms with Crippen LogP contribution in [-0.2, 0) is 4.87 Å². The summed E-state index contributed by atoms with van der Waals surface area (Å²) in [6.07, 6.45) is 0.144. The minimum Gasteiger partial charge on any atom is -0.199 e. The van der Waals surface area contributed by atoms with Crippen LogP contribution in [0.15, 0.2) is 42.5 Å². The molecule has 3 heteroatoms. The molecule has 1 aromatic rings. The van der Waals surface area contributed by atoms with Crippen molar-refractivity contribution in [2.45, 2.75) is 17.2 Å². The monoisotopic (exact) mass is 214 g/mol. The molecule has 1 aromatic carbocycles. The molecule has 1 aliphatic rings. The van der Waals surface area contributed by atoms with Gasteiger partial charge in [-0.05, 0) is 11.1 Å². The van der Waals surface area contributed by atoms with Crippen LogP contribution in [0.5, 0.6) is 0 Å². The van der Waals surface area contributed by atoms with Crippen LogP contribution in [-0.4, -0.2) is 5.92 Å². The SMILES string of the molecule is C=C1CC(Cl)(c2ccccc2)C1(F)F. The highest BCUT2D eigenvalue weighted by Crippen LogP contribution is 2.60. The third-order valence-corrected chi connectivity index (χ3v) is 3.22. The Hall–Kier alpha value is -0.890. The van der Waals surface area contributed by atoms with Gasteiger partial charge in [0.25, 0.3) is 5.92 Å². The largest absolute Gasteiger partial charge is 0.292 e. The Bertz CT molecular complexity index is 372. The van der Waals surface area contributed by atoms with E-state index in [1.807, 2.05) is 0 Å². The molecule has 1 fully saturated rings. The Kier molecular flexibility index (Phi) is 1.93. The van der Waals surface area contributed by atoms with E-state index in [1.54, 1.807) is 30.3 Å². The maximum absolute atomic E-state index is 13.4. The summed E-state index contributed by atoms with van der Waals surface area (Å²) in [4.78, 5) is -1.58. The zero-order chi connectivity index (χ0) is 10.4. The first-order valence-corrected chi connectivity index (χ1v) is 4.67. The summed E-state index contributed by atoms with van der Waals surface area (Å²) in [5, 5.41) is 0. The minimum atomic E-state index is -2.99. The maximum atomic E-state index is 13.4. The molecule has 1 aliphatic carbocycles. The Morgan fingerprint density at radius 1 is 1.21 bits per heavy atom. The zero-order valence-corrected chi connectivity index (χ0v) is 8.19. The lowest BCUT2D eigenvalue weighted by Crippen LogP contribution is -2.52. The number of halogens is 3. The van der Waals surface area contributed by atoms with Gasteiger partial charge in [-0.3, -0.25) is 0 Å². The van der Waals surface area contributed by atoms with Crippen LogP contribution in [0.25, 0.3) is 0 Å². The third kappa shape index (κ3) is 1.04. The van der Waals surface area contributed by atoms with Crippen molar-refractivity contribution in [1.82, 2.24) is 0 Å². The van der Waals surface area contributed by atoms with E-state index in [0.717, 1.165) is 0 Å². The quantitative estimate of drug-likeness (QED) is 0.494. The van der Waals surface area contributed by atoms with Gasteiger partial charge in [0.15, 0.2) is 0 Å². The molecule has 0 N–H and O–H groups in total. The second kappa shape index (κ2) is 2.80. The summed E-state index contributed by atoms with van der Waals surface area (Å²) < 4.78 is 26.9. The molecular formula is C11H9ClF2. The summed E-state index contributed by atoms with van der Waals surface area (Å²) in [7, 11) is 0. The van der Waals surface area contributed by atoms with E-state index in [1.165, 1.54) is 0 Å². The van der Waals surface area contributed by atoms with Crippen LogP contribution in [0.1, 0.15) is 12.0 Å². The minimum absolute atomic E-state index is 0.0867. The van der Waals surface area contributed by atoms with Crippen LogP contribution < -0.4 is 0 Å². The second-order valence-electron chi connectivity index (χ2n) is 3.52. The third-order valence-electron chi connectivity index (χ3n) is 2.63. The summed E-state index contributed by atoms with van der Waals surface area (Å²) in [6.45, 7) is 3.30. The molecule has 0 aliphatic heterocycles.